The van der Waals surface area contributed by atoms with Crippen LogP contribution in [-0.4, -0.2) is 5.91 Å². The van der Waals surface area contributed by atoms with E-state index in [0.717, 1.165) is 17.5 Å². The molecule has 0 aliphatic rings. The van der Waals surface area contributed by atoms with Crippen LogP contribution in [0.5, 0.6) is 0 Å². The molecule has 0 radical (unpaired) electrons. The van der Waals surface area contributed by atoms with Crippen molar-refractivity contribution in [2.45, 2.75) is 20.3 Å². The normalized spacial score (nSPS) is 10.7. The van der Waals surface area contributed by atoms with Gasteiger partial charge in [0.1, 0.15) is 0 Å². The van der Waals surface area contributed by atoms with Crippen LogP contribution in [0, 0.1) is 5.92 Å². The van der Waals surface area contributed by atoms with Crippen molar-refractivity contribution in [1.82, 2.24) is 0 Å². The second-order valence-electron chi connectivity index (χ2n) is 5.24. The maximum Gasteiger partial charge on any atom is 0.248 e. The van der Waals surface area contributed by atoms with E-state index in [1.165, 1.54) is 5.56 Å². The van der Waals surface area contributed by atoms with E-state index >= 15 is 0 Å². The molecule has 0 atom stereocenters. The third kappa shape index (κ3) is 3.44. The van der Waals surface area contributed by atoms with Crippen LogP contribution < -0.4 is 5.73 Å². The van der Waals surface area contributed by atoms with Crippen LogP contribution >= 0.6 is 0 Å². The van der Waals surface area contributed by atoms with Gasteiger partial charge in [-0.3, -0.25) is 4.79 Å². The van der Waals surface area contributed by atoms with Crippen LogP contribution in [0.1, 0.15) is 29.8 Å². The fraction of sp³-hybridized carbons (Fsp3) is 0.235. The van der Waals surface area contributed by atoms with E-state index in [9.17, 15) is 4.79 Å². The first kappa shape index (κ1) is 13.3. The third-order valence-corrected chi connectivity index (χ3v) is 3.05. The number of primary amides is 1. The maximum absolute atomic E-state index is 11.2. The summed E-state index contributed by atoms with van der Waals surface area (Å²) in [4.78, 5) is 11.2. The van der Waals surface area contributed by atoms with Crippen LogP contribution in [0.3, 0.4) is 0 Å². The Morgan fingerprint density at radius 1 is 1.05 bits per heavy atom. The highest BCUT2D eigenvalue weighted by atomic mass is 16.1. The Morgan fingerprint density at radius 2 is 1.68 bits per heavy atom. The number of hydrogen-bond donors (Lipinski definition) is 1. The number of carbonyl (C=O) groups is 1. The summed E-state index contributed by atoms with van der Waals surface area (Å²) < 4.78 is 0. The Balaban J connectivity index is 2.36. The van der Waals surface area contributed by atoms with Crippen molar-refractivity contribution in [3.63, 3.8) is 0 Å². The highest BCUT2D eigenvalue weighted by Gasteiger charge is 2.04. The summed E-state index contributed by atoms with van der Waals surface area (Å²) in [6.07, 6.45) is 1.06. The zero-order chi connectivity index (χ0) is 13.8. The lowest BCUT2D eigenvalue weighted by molar-refractivity contribution is 0.100. The standard InChI is InChI=1S/C17H19NO/c1-12(2)9-13-5-3-6-14(10-13)15-7-4-8-16(11-15)17(18)19/h3-8,10-12H,9H2,1-2H3,(H2,18,19). The summed E-state index contributed by atoms with van der Waals surface area (Å²) in [7, 11) is 0. The molecule has 1 amide bonds. The van der Waals surface area contributed by atoms with Gasteiger partial charge in [-0.1, -0.05) is 50.2 Å². The van der Waals surface area contributed by atoms with Gasteiger partial charge < -0.3 is 5.73 Å². The number of hydrogen-bond acceptors (Lipinski definition) is 1. The monoisotopic (exact) mass is 253 g/mol. The summed E-state index contributed by atoms with van der Waals surface area (Å²) >= 11 is 0. The number of carbonyl (C=O) groups excluding carboxylic acids is 1. The third-order valence-electron chi connectivity index (χ3n) is 3.05. The van der Waals surface area contributed by atoms with Crippen molar-refractivity contribution in [3.8, 4) is 11.1 Å². The molecule has 98 valence electrons. The molecule has 0 saturated carbocycles. The predicted molar refractivity (Wildman–Crippen MR) is 78.9 cm³/mol. The fourth-order valence-electron chi connectivity index (χ4n) is 2.20. The topological polar surface area (TPSA) is 43.1 Å². The van der Waals surface area contributed by atoms with Gasteiger partial charge in [0.15, 0.2) is 0 Å². The molecule has 0 aliphatic heterocycles. The first-order valence-electron chi connectivity index (χ1n) is 6.55. The van der Waals surface area contributed by atoms with Gasteiger partial charge in [0.2, 0.25) is 5.91 Å². The minimum absolute atomic E-state index is 0.389. The molecule has 2 rings (SSSR count). The number of benzene rings is 2. The average Bonchev–Trinajstić information content (AvgIpc) is 2.38. The molecule has 2 nitrogen and oxygen atoms in total. The molecule has 0 saturated heterocycles. The van der Waals surface area contributed by atoms with Gasteiger partial charge in [-0.2, -0.15) is 0 Å². The lowest BCUT2D eigenvalue weighted by Gasteiger charge is -2.08. The Bertz CT molecular complexity index is 587. The van der Waals surface area contributed by atoms with E-state index in [1.54, 1.807) is 6.07 Å². The van der Waals surface area contributed by atoms with Crippen LogP contribution in [0.15, 0.2) is 48.5 Å². The quantitative estimate of drug-likeness (QED) is 0.888. The molecule has 0 fully saturated rings. The fourth-order valence-corrected chi connectivity index (χ4v) is 2.20. The van der Waals surface area contributed by atoms with Crippen molar-refractivity contribution < 1.29 is 4.79 Å². The highest BCUT2D eigenvalue weighted by molar-refractivity contribution is 5.94. The molecular weight excluding hydrogens is 234 g/mol. The van der Waals surface area contributed by atoms with E-state index < -0.39 is 0 Å². The second kappa shape index (κ2) is 5.70. The van der Waals surface area contributed by atoms with Crippen LogP contribution in [0.4, 0.5) is 0 Å². The molecule has 0 aliphatic carbocycles. The van der Waals surface area contributed by atoms with E-state index in [4.69, 9.17) is 5.73 Å². The van der Waals surface area contributed by atoms with Crippen LogP contribution in [0.25, 0.3) is 11.1 Å². The number of amides is 1. The van der Waals surface area contributed by atoms with E-state index in [0.29, 0.717) is 11.5 Å². The minimum atomic E-state index is -0.389. The molecule has 0 aromatic heterocycles. The van der Waals surface area contributed by atoms with Gasteiger partial charge in [-0.05, 0) is 41.2 Å². The molecule has 0 bridgehead atoms. The molecule has 2 aromatic rings. The summed E-state index contributed by atoms with van der Waals surface area (Å²) in [6, 6.07) is 15.9. The molecule has 0 heterocycles. The Labute approximate surface area is 114 Å². The summed E-state index contributed by atoms with van der Waals surface area (Å²) in [5, 5.41) is 0. The summed E-state index contributed by atoms with van der Waals surface area (Å²) in [5.74, 6) is 0.243. The number of rotatable bonds is 4. The van der Waals surface area contributed by atoms with E-state index in [1.807, 2.05) is 18.2 Å². The van der Waals surface area contributed by atoms with Gasteiger partial charge in [-0.25, -0.2) is 0 Å². The zero-order valence-corrected chi connectivity index (χ0v) is 11.4. The lowest BCUT2D eigenvalue weighted by atomic mass is 9.97. The van der Waals surface area contributed by atoms with Gasteiger partial charge >= 0.3 is 0 Å². The summed E-state index contributed by atoms with van der Waals surface area (Å²) in [5.41, 5.74) is 9.34. The molecule has 2 heteroatoms. The van der Waals surface area contributed by atoms with Crippen molar-refractivity contribution in [1.29, 1.82) is 0 Å². The maximum atomic E-state index is 11.2. The molecule has 19 heavy (non-hydrogen) atoms. The Hall–Kier alpha value is -2.09. The largest absolute Gasteiger partial charge is 0.366 e. The Morgan fingerprint density at radius 3 is 2.32 bits per heavy atom. The Kier molecular flexibility index (Phi) is 4.00. The van der Waals surface area contributed by atoms with Gasteiger partial charge in [0, 0.05) is 5.56 Å². The first-order chi connectivity index (χ1) is 9.06. The van der Waals surface area contributed by atoms with E-state index in [-0.39, 0.29) is 5.91 Å². The van der Waals surface area contributed by atoms with Gasteiger partial charge in [-0.15, -0.1) is 0 Å². The summed E-state index contributed by atoms with van der Waals surface area (Å²) in [6.45, 7) is 4.42. The van der Waals surface area contributed by atoms with Crippen LogP contribution in [-0.2, 0) is 6.42 Å². The second-order valence-corrected chi connectivity index (χ2v) is 5.24. The smallest absolute Gasteiger partial charge is 0.248 e. The van der Waals surface area contributed by atoms with Crippen molar-refractivity contribution in [2.75, 3.05) is 0 Å². The minimum Gasteiger partial charge on any atom is -0.366 e. The number of nitrogens with two attached hydrogens (primary N) is 1. The van der Waals surface area contributed by atoms with E-state index in [2.05, 4.69) is 38.1 Å². The zero-order valence-electron chi connectivity index (χ0n) is 11.4. The van der Waals surface area contributed by atoms with Crippen molar-refractivity contribution >= 4 is 5.91 Å². The van der Waals surface area contributed by atoms with Crippen molar-refractivity contribution in [2.24, 2.45) is 11.7 Å². The van der Waals surface area contributed by atoms with Gasteiger partial charge in [0.05, 0.1) is 0 Å². The van der Waals surface area contributed by atoms with Gasteiger partial charge in [0.25, 0.3) is 0 Å². The molecule has 2 aromatic carbocycles. The van der Waals surface area contributed by atoms with Crippen LogP contribution in [0.2, 0.25) is 0 Å². The highest BCUT2D eigenvalue weighted by Crippen LogP contribution is 2.22. The predicted octanol–water partition coefficient (Wildman–Crippen LogP) is 3.65. The lowest BCUT2D eigenvalue weighted by Crippen LogP contribution is -2.10. The first-order valence-corrected chi connectivity index (χ1v) is 6.55. The molecule has 0 unspecified atom stereocenters. The molecule has 2 N–H and O–H groups in total. The SMILES string of the molecule is CC(C)Cc1cccc(-c2cccc(C(N)=O)c2)c1. The van der Waals surface area contributed by atoms with Crippen molar-refractivity contribution in [3.05, 3.63) is 59.7 Å². The molecular formula is C17H19NO. The molecule has 0 spiro atoms. The average molecular weight is 253 g/mol.